The molecule has 0 amide bonds. The quantitative estimate of drug-likeness (QED) is 0.901. The van der Waals surface area contributed by atoms with Gasteiger partial charge in [-0.1, -0.05) is 44.0 Å². The molecule has 1 heterocycles. The number of hydrogen-bond acceptors (Lipinski definition) is 2. The number of fused-ring (bicyclic) bond motifs is 1. The highest BCUT2D eigenvalue weighted by molar-refractivity contribution is 5.84. The molecule has 106 valence electrons. The second-order valence-electron chi connectivity index (χ2n) is 6.28. The molecule has 1 aliphatic rings. The lowest BCUT2D eigenvalue weighted by atomic mass is 9.83. The Morgan fingerprint density at radius 3 is 2.75 bits per heavy atom. The summed E-state index contributed by atoms with van der Waals surface area (Å²) in [6.45, 7) is 4.46. The van der Waals surface area contributed by atoms with E-state index in [0.717, 1.165) is 24.9 Å². The lowest BCUT2D eigenvalue weighted by Crippen LogP contribution is -2.25. The van der Waals surface area contributed by atoms with E-state index in [4.69, 9.17) is 0 Å². The van der Waals surface area contributed by atoms with Crippen molar-refractivity contribution in [2.45, 2.75) is 39.2 Å². The number of hydrogen-bond donors (Lipinski definition) is 1. The lowest BCUT2D eigenvalue weighted by molar-refractivity contribution is 0.281. The normalized spacial score (nSPS) is 23.1. The predicted molar refractivity (Wildman–Crippen MR) is 84.6 cm³/mol. The molecule has 20 heavy (non-hydrogen) atoms. The summed E-state index contributed by atoms with van der Waals surface area (Å²) in [6.07, 6.45) is 9.54. The van der Waals surface area contributed by atoms with Gasteiger partial charge >= 0.3 is 0 Å². The fourth-order valence-electron chi connectivity index (χ4n) is 3.26. The molecule has 0 spiro atoms. The number of rotatable bonds is 4. The Bertz CT molecular complexity index is 551. The van der Waals surface area contributed by atoms with Crippen molar-refractivity contribution in [3.05, 3.63) is 42.2 Å². The Morgan fingerprint density at radius 1 is 1.10 bits per heavy atom. The molecule has 1 aromatic carbocycles. The van der Waals surface area contributed by atoms with Gasteiger partial charge in [0.2, 0.25) is 0 Å². The smallest absolute Gasteiger partial charge is 0.0346 e. The topological polar surface area (TPSA) is 24.9 Å². The minimum atomic E-state index is 0.870. The zero-order valence-corrected chi connectivity index (χ0v) is 12.3. The first kappa shape index (κ1) is 13.6. The number of benzene rings is 1. The van der Waals surface area contributed by atoms with Crippen LogP contribution >= 0.6 is 0 Å². The largest absolute Gasteiger partial charge is 0.312 e. The highest BCUT2D eigenvalue weighted by atomic mass is 14.9. The van der Waals surface area contributed by atoms with E-state index in [0.29, 0.717) is 0 Å². The highest BCUT2D eigenvalue weighted by Gasteiger charge is 2.17. The fraction of sp³-hybridized carbons (Fsp3) is 0.500. The molecule has 0 bridgehead atoms. The summed E-state index contributed by atoms with van der Waals surface area (Å²) in [5, 5.41) is 6.20. The molecule has 1 fully saturated rings. The molecule has 0 saturated heterocycles. The van der Waals surface area contributed by atoms with E-state index in [9.17, 15) is 0 Å². The third-order valence-electron chi connectivity index (χ3n) is 4.63. The number of pyridine rings is 1. The molecular weight excluding hydrogens is 244 g/mol. The van der Waals surface area contributed by atoms with Gasteiger partial charge in [-0.3, -0.25) is 4.98 Å². The Labute approximate surface area is 121 Å². The van der Waals surface area contributed by atoms with Crippen LogP contribution in [-0.2, 0) is 6.54 Å². The summed E-state index contributed by atoms with van der Waals surface area (Å²) in [7, 11) is 0. The van der Waals surface area contributed by atoms with Crippen LogP contribution in [0, 0.1) is 11.8 Å². The van der Waals surface area contributed by atoms with Crippen molar-refractivity contribution in [1.82, 2.24) is 10.3 Å². The van der Waals surface area contributed by atoms with Gasteiger partial charge in [-0.25, -0.2) is 0 Å². The van der Waals surface area contributed by atoms with E-state index in [1.807, 2.05) is 12.4 Å². The van der Waals surface area contributed by atoms with Gasteiger partial charge < -0.3 is 5.32 Å². The van der Waals surface area contributed by atoms with E-state index < -0.39 is 0 Å². The Kier molecular flexibility index (Phi) is 4.31. The van der Waals surface area contributed by atoms with E-state index >= 15 is 0 Å². The van der Waals surface area contributed by atoms with Crippen LogP contribution in [0.5, 0.6) is 0 Å². The van der Waals surface area contributed by atoms with E-state index in [2.05, 4.69) is 41.5 Å². The third kappa shape index (κ3) is 3.18. The van der Waals surface area contributed by atoms with Gasteiger partial charge in [-0.15, -0.1) is 0 Å². The van der Waals surface area contributed by atoms with Crippen molar-refractivity contribution >= 4 is 10.8 Å². The molecule has 0 radical (unpaired) electrons. The van der Waals surface area contributed by atoms with Crippen LogP contribution in [0.3, 0.4) is 0 Å². The zero-order valence-electron chi connectivity index (χ0n) is 12.3. The highest BCUT2D eigenvalue weighted by Crippen LogP contribution is 2.27. The van der Waals surface area contributed by atoms with E-state index in [-0.39, 0.29) is 0 Å². The molecule has 0 atom stereocenters. The molecular formula is C18H24N2. The summed E-state index contributed by atoms with van der Waals surface area (Å²) in [5.41, 5.74) is 1.31. The monoisotopic (exact) mass is 268 g/mol. The van der Waals surface area contributed by atoms with Crippen LogP contribution in [0.2, 0.25) is 0 Å². The number of nitrogens with one attached hydrogen (secondary N) is 1. The average molecular weight is 268 g/mol. The number of aromatic nitrogens is 1. The molecule has 0 aliphatic heterocycles. The maximum absolute atomic E-state index is 4.35. The average Bonchev–Trinajstić information content (AvgIpc) is 2.49. The van der Waals surface area contributed by atoms with Gasteiger partial charge in [0.15, 0.2) is 0 Å². The Balaban J connectivity index is 1.57. The van der Waals surface area contributed by atoms with E-state index in [1.165, 1.54) is 42.0 Å². The van der Waals surface area contributed by atoms with Gasteiger partial charge in [0.25, 0.3) is 0 Å². The van der Waals surface area contributed by atoms with Crippen LogP contribution in [0.15, 0.2) is 36.7 Å². The van der Waals surface area contributed by atoms with Crippen LogP contribution in [0.4, 0.5) is 0 Å². The Hall–Kier alpha value is -1.41. The number of nitrogens with zero attached hydrogens (tertiary/aromatic N) is 1. The fourth-order valence-corrected chi connectivity index (χ4v) is 3.26. The SMILES string of the molecule is CC1CCC(CNCc2cncc3ccccc23)CC1. The molecule has 3 rings (SSSR count). The van der Waals surface area contributed by atoms with Crippen LogP contribution in [-0.4, -0.2) is 11.5 Å². The standard InChI is InChI=1S/C18H24N2/c1-14-6-8-15(9-7-14)10-19-12-17-13-20-11-16-4-2-3-5-18(16)17/h2-5,11,13-15,19H,6-10,12H2,1H3. The molecule has 2 aromatic rings. The first-order valence-electron chi connectivity index (χ1n) is 7.85. The van der Waals surface area contributed by atoms with Crippen LogP contribution in [0.25, 0.3) is 10.8 Å². The molecule has 1 saturated carbocycles. The van der Waals surface area contributed by atoms with Gasteiger partial charge in [-0.2, -0.15) is 0 Å². The van der Waals surface area contributed by atoms with Gasteiger partial charge in [-0.05, 0) is 42.2 Å². The lowest BCUT2D eigenvalue weighted by Gasteiger charge is -2.26. The van der Waals surface area contributed by atoms with Crippen LogP contribution in [0.1, 0.15) is 38.2 Å². The van der Waals surface area contributed by atoms with Gasteiger partial charge in [0, 0.05) is 24.3 Å². The zero-order chi connectivity index (χ0) is 13.8. The molecule has 0 unspecified atom stereocenters. The maximum atomic E-state index is 4.35. The van der Waals surface area contributed by atoms with Crippen LogP contribution < -0.4 is 5.32 Å². The predicted octanol–water partition coefficient (Wildman–Crippen LogP) is 4.15. The van der Waals surface area contributed by atoms with Crippen molar-refractivity contribution < 1.29 is 0 Å². The maximum Gasteiger partial charge on any atom is 0.0346 e. The summed E-state index contributed by atoms with van der Waals surface area (Å²) in [5.74, 6) is 1.81. The first-order chi connectivity index (χ1) is 9.83. The second kappa shape index (κ2) is 6.36. The summed E-state index contributed by atoms with van der Waals surface area (Å²) in [4.78, 5) is 4.35. The Morgan fingerprint density at radius 2 is 1.90 bits per heavy atom. The summed E-state index contributed by atoms with van der Waals surface area (Å²) < 4.78 is 0. The third-order valence-corrected chi connectivity index (χ3v) is 4.63. The van der Waals surface area contributed by atoms with Gasteiger partial charge in [0.05, 0.1) is 0 Å². The summed E-state index contributed by atoms with van der Waals surface area (Å²) >= 11 is 0. The molecule has 1 N–H and O–H groups in total. The second-order valence-corrected chi connectivity index (χ2v) is 6.28. The summed E-state index contributed by atoms with van der Waals surface area (Å²) in [6, 6.07) is 8.50. The minimum absolute atomic E-state index is 0.870. The van der Waals surface area contributed by atoms with Crippen molar-refractivity contribution in [2.75, 3.05) is 6.54 Å². The van der Waals surface area contributed by atoms with Gasteiger partial charge in [0.1, 0.15) is 0 Å². The molecule has 1 aliphatic carbocycles. The van der Waals surface area contributed by atoms with Crippen molar-refractivity contribution in [2.24, 2.45) is 11.8 Å². The minimum Gasteiger partial charge on any atom is -0.312 e. The van der Waals surface area contributed by atoms with E-state index in [1.54, 1.807) is 0 Å². The van der Waals surface area contributed by atoms with Crippen molar-refractivity contribution in [1.29, 1.82) is 0 Å². The van der Waals surface area contributed by atoms with Crippen molar-refractivity contribution in [3.8, 4) is 0 Å². The molecule has 2 nitrogen and oxygen atoms in total. The van der Waals surface area contributed by atoms with Crippen molar-refractivity contribution in [3.63, 3.8) is 0 Å². The first-order valence-corrected chi connectivity index (χ1v) is 7.85. The molecule has 1 aromatic heterocycles. The molecule has 2 heteroatoms.